The normalized spacial score (nSPS) is 19.2. The first-order valence-electron chi connectivity index (χ1n) is 20.5. The Kier molecular flexibility index (Phi) is 18.5. The van der Waals surface area contributed by atoms with Crippen LogP contribution in [0, 0.1) is 17.8 Å². The molecular formula is C45H63N3O4S2. The zero-order valence-corrected chi connectivity index (χ0v) is 34.7. The average Bonchev–Trinajstić information content (AvgIpc) is 4.06. The predicted molar refractivity (Wildman–Crippen MR) is 224 cm³/mol. The standard InChI is InChI=1S/C22H29NO2S.C21H28N2O2S.C2H6/c1-16(21(25-2)18-10-6-7-11-18)20(24)15-19(22-23-12-13-26-22)14-17-8-4-3-5-9-17;1-15(20(25-2)18-9-6-10-22-18)19(24)14-17(21-23-11-12-26-21)13-16-7-4-3-5-8-16;1-2/h3-5,8-9,12-13,16,18-19,21H,6-7,10-11,14-15H2,1-2H3;3-5,7-8,11-12,15,17-18,20,22H,6,9-10,13-14H2,1-2H3;1-2H3/t16-,19+,21+;15-,17+,18-,20+;/m00./s1/i;;1D. The fraction of sp³-hybridized carbons (Fsp3) is 0.556. The van der Waals surface area contributed by atoms with Crippen molar-refractivity contribution in [2.24, 2.45) is 17.8 Å². The third kappa shape index (κ3) is 13.0. The Bertz CT molecular complexity index is 1480. The molecule has 1 N–H and O–H groups in total. The van der Waals surface area contributed by atoms with Crippen LogP contribution in [0.1, 0.15) is 113 Å². The largest absolute Gasteiger partial charge is 0.380 e. The molecule has 0 unspecified atom stereocenters. The molecule has 6 rings (SSSR count). The average molecular weight is 775 g/mol. The monoisotopic (exact) mass is 774 g/mol. The minimum absolute atomic E-state index is 0.0543. The molecule has 0 amide bonds. The minimum Gasteiger partial charge on any atom is -0.380 e. The van der Waals surface area contributed by atoms with E-state index < -0.39 is 0 Å². The Balaban J connectivity index is 0.000000228. The van der Waals surface area contributed by atoms with Crippen LogP contribution in [0.15, 0.2) is 83.8 Å². The molecular weight excluding hydrogens is 711 g/mol. The van der Waals surface area contributed by atoms with Gasteiger partial charge in [-0.25, -0.2) is 9.97 Å². The second-order valence-electron chi connectivity index (χ2n) is 14.6. The van der Waals surface area contributed by atoms with E-state index in [1.807, 2.05) is 54.3 Å². The molecule has 0 bridgehead atoms. The second kappa shape index (κ2) is 23.8. The van der Waals surface area contributed by atoms with Crippen molar-refractivity contribution < 1.29 is 20.4 Å². The SMILES string of the molecule is CO[C@@H](C1CCCC1)[C@@H](C)C(=O)C[C@@H](Cc1ccccc1)c1nccs1.CO[C@@H]([C@@H]1CCCN1)[C@@H](C)C(=O)C[C@@H](Cc1ccccc1)c1nccs1.[2H]CC. The van der Waals surface area contributed by atoms with Gasteiger partial charge in [0.15, 0.2) is 0 Å². The molecule has 4 aromatic rings. The van der Waals surface area contributed by atoms with E-state index in [0.717, 1.165) is 42.2 Å². The van der Waals surface area contributed by atoms with Crippen molar-refractivity contribution >= 4 is 34.2 Å². The van der Waals surface area contributed by atoms with Gasteiger partial charge in [0.2, 0.25) is 0 Å². The summed E-state index contributed by atoms with van der Waals surface area (Å²) in [4.78, 5) is 35.2. The van der Waals surface area contributed by atoms with Crippen molar-refractivity contribution in [1.82, 2.24) is 15.3 Å². The van der Waals surface area contributed by atoms with E-state index in [2.05, 4.69) is 58.6 Å². The van der Waals surface area contributed by atoms with Crippen molar-refractivity contribution in [1.29, 1.82) is 0 Å². The van der Waals surface area contributed by atoms with E-state index in [9.17, 15) is 9.59 Å². The number of aromatic nitrogens is 2. The minimum atomic E-state index is -0.117. The summed E-state index contributed by atoms with van der Waals surface area (Å²) in [6.45, 7) is 7.37. The van der Waals surface area contributed by atoms with Gasteiger partial charge in [-0.3, -0.25) is 9.59 Å². The number of methoxy groups -OCH3 is 2. The van der Waals surface area contributed by atoms with Gasteiger partial charge in [0, 0.05) is 81.3 Å². The van der Waals surface area contributed by atoms with Crippen LogP contribution in [0.5, 0.6) is 0 Å². The van der Waals surface area contributed by atoms with Gasteiger partial charge in [-0.15, -0.1) is 22.7 Å². The molecule has 1 aliphatic carbocycles. The Morgan fingerprint density at radius 3 is 1.61 bits per heavy atom. The molecule has 2 aliphatic rings. The van der Waals surface area contributed by atoms with Gasteiger partial charge in [0.25, 0.3) is 0 Å². The number of Topliss-reactive ketones (excluding diaryl/α,β-unsaturated/α-hetero) is 2. The van der Waals surface area contributed by atoms with E-state index in [1.165, 1.54) is 36.8 Å². The number of benzene rings is 2. The highest BCUT2D eigenvalue weighted by molar-refractivity contribution is 7.09. The molecule has 7 nitrogen and oxygen atoms in total. The summed E-state index contributed by atoms with van der Waals surface area (Å²) in [6.07, 6.45) is 13.5. The Morgan fingerprint density at radius 2 is 1.22 bits per heavy atom. The maximum atomic E-state index is 13.1. The number of nitrogens with one attached hydrogen (secondary N) is 1. The Labute approximate surface area is 334 Å². The van der Waals surface area contributed by atoms with Crippen LogP contribution in [0.4, 0.5) is 0 Å². The summed E-state index contributed by atoms with van der Waals surface area (Å²) < 4.78 is 17.7. The van der Waals surface area contributed by atoms with Crippen molar-refractivity contribution in [3.05, 3.63) is 105 Å². The second-order valence-corrected chi connectivity index (χ2v) is 16.4. The Hall–Kier alpha value is -3.08. The molecule has 3 heterocycles. The van der Waals surface area contributed by atoms with Crippen molar-refractivity contribution in [2.45, 2.75) is 122 Å². The lowest BCUT2D eigenvalue weighted by Crippen LogP contribution is -2.43. The molecule has 1 aliphatic heterocycles. The molecule has 1 saturated heterocycles. The van der Waals surface area contributed by atoms with Gasteiger partial charge < -0.3 is 14.8 Å². The molecule has 1 saturated carbocycles. The third-order valence-electron chi connectivity index (χ3n) is 11.1. The van der Waals surface area contributed by atoms with Crippen LogP contribution in [0.2, 0.25) is 0 Å². The number of nitrogens with zero attached hydrogens (tertiary/aromatic N) is 2. The van der Waals surface area contributed by atoms with Gasteiger partial charge in [-0.2, -0.15) is 0 Å². The predicted octanol–water partition coefficient (Wildman–Crippen LogP) is 10.1. The van der Waals surface area contributed by atoms with Gasteiger partial charge in [0.05, 0.1) is 22.2 Å². The van der Waals surface area contributed by atoms with Crippen LogP contribution in [0.25, 0.3) is 0 Å². The van der Waals surface area contributed by atoms with Crippen molar-refractivity contribution in [2.75, 3.05) is 20.8 Å². The van der Waals surface area contributed by atoms with Gasteiger partial charge in [0.1, 0.15) is 11.6 Å². The van der Waals surface area contributed by atoms with E-state index in [4.69, 9.17) is 10.8 Å². The Morgan fingerprint density at radius 1 is 0.759 bits per heavy atom. The maximum Gasteiger partial charge on any atom is 0.139 e. The van der Waals surface area contributed by atoms with Gasteiger partial charge >= 0.3 is 0 Å². The summed E-state index contributed by atoms with van der Waals surface area (Å²) in [5.41, 5.74) is 2.50. The number of ketones is 2. The highest BCUT2D eigenvalue weighted by Crippen LogP contribution is 2.35. The molecule has 7 atom stereocenters. The summed E-state index contributed by atoms with van der Waals surface area (Å²) in [6, 6.07) is 21.0. The number of carbonyl (C=O) groups is 2. The van der Waals surface area contributed by atoms with Crippen LogP contribution in [-0.4, -0.2) is 60.5 Å². The summed E-state index contributed by atoms with van der Waals surface area (Å²) in [5.74, 6) is 1.21. The molecule has 9 heteroatoms. The molecule has 294 valence electrons. The van der Waals surface area contributed by atoms with Crippen LogP contribution >= 0.6 is 22.7 Å². The molecule has 2 fully saturated rings. The van der Waals surface area contributed by atoms with Gasteiger partial charge in [-0.1, -0.05) is 101 Å². The lowest BCUT2D eigenvalue weighted by atomic mass is 9.83. The molecule has 0 radical (unpaired) electrons. The van der Waals surface area contributed by atoms with Crippen LogP contribution in [0.3, 0.4) is 0 Å². The first-order chi connectivity index (χ1) is 26.8. The highest BCUT2D eigenvalue weighted by atomic mass is 32.1. The van der Waals surface area contributed by atoms with Crippen LogP contribution < -0.4 is 5.32 Å². The number of thiazole rings is 2. The molecule has 2 aromatic heterocycles. The number of hydrogen-bond donors (Lipinski definition) is 1. The number of ether oxygens (including phenoxy) is 2. The lowest BCUT2D eigenvalue weighted by molar-refractivity contribution is -0.129. The summed E-state index contributed by atoms with van der Waals surface area (Å²) >= 11 is 3.29. The highest BCUT2D eigenvalue weighted by Gasteiger charge is 2.35. The zero-order chi connectivity index (χ0) is 39.4. The summed E-state index contributed by atoms with van der Waals surface area (Å²) in [5, 5.41) is 9.57. The zero-order valence-electron chi connectivity index (χ0n) is 34.0. The van der Waals surface area contributed by atoms with Crippen molar-refractivity contribution in [3.63, 3.8) is 0 Å². The molecule has 0 spiro atoms. The lowest BCUT2D eigenvalue weighted by Gasteiger charge is -2.28. The fourth-order valence-electron chi connectivity index (χ4n) is 8.19. The van der Waals surface area contributed by atoms with E-state index in [-0.39, 0.29) is 47.7 Å². The van der Waals surface area contributed by atoms with Crippen molar-refractivity contribution in [3.8, 4) is 0 Å². The fourth-order valence-corrected chi connectivity index (χ4v) is 9.67. The number of hydrogen-bond acceptors (Lipinski definition) is 9. The number of rotatable bonds is 18. The van der Waals surface area contributed by atoms with E-state index in [0.29, 0.717) is 31.4 Å². The topological polar surface area (TPSA) is 90.4 Å². The van der Waals surface area contributed by atoms with Crippen LogP contribution in [-0.2, 0) is 31.9 Å². The summed E-state index contributed by atoms with van der Waals surface area (Å²) in [7, 11) is 3.48. The third-order valence-corrected chi connectivity index (χ3v) is 12.9. The first-order valence-corrected chi connectivity index (χ1v) is 21.6. The molecule has 54 heavy (non-hydrogen) atoms. The van der Waals surface area contributed by atoms with E-state index in [1.54, 1.807) is 43.8 Å². The quantitative estimate of drug-likeness (QED) is 0.108. The smallest absolute Gasteiger partial charge is 0.139 e. The van der Waals surface area contributed by atoms with E-state index >= 15 is 0 Å². The first kappa shape index (κ1) is 42.1. The van der Waals surface area contributed by atoms with Gasteiger partial charge in [-0.05, 0) is 62.1 Å². The number of carbonyl (C=O) groups excluding carboxylic acids is 2. The maximum absolute atomic E-state index is 13.1. The molecule has 2 aromatic carbocycles.